The number of carbonyl (C=O) groups excluding carboxylic acids is 1. The van der Waals surface area contributed by atoms with Crippen LogP contribution in [-0.4, -0.2) is 23.4 Å². The first-order chi connectivity index (χ1) is 10.2. The second-order valence-electron chi connectivity index (χ2n) is 6.47. The standard InChI is InChI=1S/C18H24ClNO/c19-16-10-7-14(8-11-16)9-12-18(21)20-13-3-5-15-4-1-2-6-17(15)20/h7-8,10-11,15,17H,1-6,9,12-13H2. The Labute approximate surface area is 132 Å². The number of carbonyl (C=O) groups is 1. The highest BCUT2D eigenvalue weighted by Crippen LogP contribution is 2.35. The summed E-state index contributed by atoms with van der Waals surface area (Å²) >= 11 is 5.90. The lowest BCUT2D eigenvalue weighted by atomic mass is 9.78. The monoisotopic (exact) mass is 305 g/mol. The van der Waals surface area contributed by atoms with E-state index in [9.17, 15) is 4.79 Å². The van der Waals surface area contributed by atoms with E-state index in [2.05, 4.69) is 4.90 Å². The summed E-state index contributed by atoms with van der Waals surface area (Å²) in [5.41, 5.74) is 1.20. The highest BCUT2D eigenvalue weighted by atomic mass is 35.5. The summed E-state index contributed by atoms with van der Waals surface area (Å²) in [7, 11) is 0. The molecule has 1 aliphatic carbocycles. The van der Waals surface area contributed by atoms with Crippen molar-refractivity contribution in [3.05, 3.63) is 34.9 Å². The van der Waals surface area contributed by atoms with Crippen LogP contribution in [0.5, 0.6) is 0 Å². The largest absolute Gasteiger partial charge is 0.339 e. The van der Waals surface area contributed by atoms with Gasteiger partial charge < -0.3 is 4.90 Å². The van der Waals surface area contributed by atoms with Crippen molar-refractivity contribution in [1.29, 1.82) is 0 Å². The Bertz CT molecular complexity index is 482. The van der Waals surface area contributed by atoms with Crippen molar-refractivity contribution in [3.63, 3.8) is 0 Å². The van der Waals surface area contributed by atoms with Crippen LogP contribution in [0.2, 0.25) is 5.02 Å². The zero-order valence-corrected chi connectivity index (χ0v) is 13.3. The van der Waals surface area contributed by atoms with Gasteiger partial charge in [-0.3, -0.25) is 4.79 Å². The van der Waals surface area contributed by atoms with E-state index in [0.29, 0.717) is 18.4 Å². The normalized spacial score (nSPS) is 25.5. The first kappa shape index (κ1) is 14.9. The van der Waals surface area contributed by atoms with E-state index in [1.54, 1.807) is 0 Å². The Morgan fingerprint density at radius 3 is 2.62 bits per heavy atom. The van der Waals surface area contributed by atoms with Crippen LogP contribution in [0.25, 0.3) is 0 Å². The predicted molar refractivity (Wildman–Crippen MR) is 86.5 cm³/mol. The molecular formula is C18H24ClNO. The summed E-state index contributed by atoms with van der Waals surface area (Å²) in [5.74, 6) is 1.12. The summed E-state index contributed by atoms with van der Waals surface area (Å²) in [6, 6.07) is 8.38. The number of hydrogen-bond donors (Lipinski definition) is 0. The molecule has 1 amide bonds. The number of halogens is 1. The van der Waals surface area contributed by atoms with E-state index in [4.69, 9.17) is 11.6 Å². The van der Waals surface area contributed by atoms with Gasteiger partial charge in [0.15, 0.2) is 0 Å². The molecule has 2 fully saturated rings. The third kappa shape index (κ3) is 3.60. The van der Waals surface area contributed by atoms with Gasteiger partial charge in [0.2, 0.25) is 5.91 Å². The number of hydrogen-bond acceptors (Lipinski definition) is 1. The van der Waals surface area contributed by atoms with Gasteiger partial charge in [0, 0.05) is 24.0 Å². The summed E-state index contributed by atoms with van der Waals surface area (Å²) in [4.78, 5) is 14.8. The quantitative estimate of drug-likeness (QED) is 0.807. The number of fused-ring (bicyclic) bond motifs is 1. The molecule has 1 saturated heterocycles. The van der Waals surface area contributed by atoms with E-state index in [1.807, 2.05) is 24.3 Å². The van der Waals surface area contributed by atoms with E-state index in [1.165, 1.54) is 44.1 Å². The lowest BCUT2D eigenvalue weighted by Crippen LogP contribution is -2.49. The van der Waals surface area contributed by atoms with Gasteiger partial charge in [0.05, 0.1) is 0 Å². The number of benzene rings is 1. The number of piperidine rings is 1. The predicted octanol–water partition coefficient (Wildman–Crippen LogP) is 4.45. The summed E-state index contributed by atoms with van der Waals surface area (Å²) in [5, 5.41) is 0.756. The highest BCUT2D eigenvalue weighted by Gasteiger charge is 2.35. The lowest BCUT2D eigenvalue weighted by Gasteiger charge is -2.44. The maximum Gasteiger partial charge on any atom is 0.223 e. The molecule has 1 aromatic rings. The molecular weight excluding hydrogens is 282 g/mol. The lowest BCUT2D eigenvalue weighted by molar-refractivity contribution is -0.137. The summed E-state index contributed by atoms with van der Waals surface area (Å²) in [6.45, 7) is 0.973. The Morgan fingerprint density at radius 2 is 1.81 bits per heavy atom. The Kier molecular flexibility index (Phi) is 4.84. The molecule has 2 unspecified atom stereocenters. The molecule has 1 aromatic carbocycles. The van der Waals surface area contributed by atoms with Crippen LogP contribution < -0.4 is 0 Å². The molecule has 1 aliphatic heterocycles. The molecule has 2 atom stereocenters. The fourth-order valence-electron chi connectivity index (χ4n) is 3.98. The van der Waals surface area contributed by atoms with Crippen molar-refractivity contribution in [2.75, 3.05) is 6.54 Å². The smallest absolute Gasteiger partial charge is 0.223 e. The van der Waals surface area contributed by atoms with Gasteiger partial charge in [-0.05, 0) is 55.7 Å². The van der Waals surface area contributed by atoms with Crippen LogP contribution in [0.15, 0.2) is 24.3 Å². The van der Waals surface area contributed by atoms with Crippen LogP contribution in [0.1, 0.15) is 50.5 Å². The third-order valence-electron chi connectivity index (χ3n) is 5.10. The number of amides is 1. The topological polar surface area (TPSA) is 20.3 Å². The number of rotatable bonds is 3. The minimum absolute atomic E-state index is 0.349. The Hall–Kier alpha value is -1.02. The summed E-state index contributed by atoms with van der Waals surface area (Å²) in [6.07, 6.45) is 9.16. The maximum absolute atomic E-state index is 12.6. The molecule has 3 heteroatoms. The van der Waals surface area contributed by atoms with Crippen LogP contribution >= 0.6 is 11.6 Å². The van der Waals surface area contributed by atoms with E-state index >= 15 is 0 Å². The van der Waals surface area contributed by atoms with Gasteiger partial charge >= 0.3 is 0 Å². The van der Waals surface area contributed by atoms with E-state index in [-0.39, 0.29) is 0 Å². The molecule has 0 aromatic heterocycles. The van der Waals surface area contributed by atoms with Crippen molar-refractivity contribution < 1.29 is 4.79 Å². The molecule has 114 valence electrons. The highest BCUT2D eigenvalue weighted by molar-refractivity contribution is 6.30. The minimum atomic E-state index is 0.349. The number of nitrogens with zero attached hydrogens (tertiary/aromatic N) is 1. The fraction of sp³-hybridized carbons (Fsp3) is 0.611. The molecule has 1 heterocycles. The van der Waals surface area contributed by atoms with Crippen LogP contribution in [0, 0.1) is 5.92 Å². The summed E-state index contributed by atoms with van der Waals surface area (Å²) < 4.78 is 0. The molecule has 3 rings (SSSR count). The molecule has 0 N–H and O–H groups in total. The van der Waals surface area contributed by atoms with Crippen molar-refractivity contribution >= 4 is 17.5 Å². The van der Waals surface area contributed by atoms with Crippen LogP contribution in [0.3, 0.4) is 0 Å². The van der Waals surface area contributed by atoms with Crippen LogP contribution in [0.4, 0.5) is 0 Å². The van der Waals surface area contributed by atoms with Crippen molar-refractivity contribution in [2.24, 2.45) is 5.92 Å². The second kappa shape index (κ2) is 6.83. The molecule has 0 bridgehead atoms. The van der Waals surface area contributed by atoms with Crippen molar-refractivity contribution in [3.8, 4) is 0 Å². The minimum Gasteiger partial charge on any atom is -0.339 e. The molecule has 2 nitrogen and oxygen atoms in total. The first-order valence-corrected chi connectivity index (χ1v) is 8.66. The van der Waals surface area contributed by atoms with Gasteiger partial charge in [0.1, 0.15) is 0 Å². The zero-order chi connectivity index (χ0) is 14.7. The molecule has 1 saturated carbocycles. The second-order valence-corrected chi connectivity index (χ2v) is 6.90. The van der Waals surface area contributed by atoms with Crippen LogP contribution in [-0.2, 0) is 11.2 Å². The number of likely N-dealkylation sites (tertiary alicyclic amines) is 1. The fourth-order valence-corrected chi connectivity index (χ4v) is 4.11. The Balaban J connectivity index is 1.57. The molecule has 2 aliphatic rings. The molecule has 0 spiro atoms. The average molecular weight is 306 g/mol. The van der Waals surface area contributed by atoms with Gasteiger partial charge in [-0.25, -0.2) is 0 Å². The molecule has 0 radical (unpaired) electrons. The maximum atomic E-state index is 12.6. The van der Waals surface area contributed by atoms with E-state index in [0.717, 1.165) is 23.9 Å². The van der Waals surface area contributed by atoms with Crippen molar-refractivity contribution in [2.45, 2.75) is 57.4 Å². The van der Waals surface area contributed by atoms with Gasteiger partial charge in [-0.1, -0.05) is 36.6 Å². The SMILES string of the molecule is O=C(CCc1ccc(Cl)cc1)N1CCCC2CCCCC21. The third-order valence-corrected chi connectivity index (χ3v) is 5.36. The Morgan fingerprint density at radius 1 is 1.10 bits per heavy atom. The average Bonchev–Trinajstić information content (AvgIpc) is 2.53. The molecule has 21 heavy (non-hydrogen) atoms. The zero-order valence-electron chi connectivity index (χ0n) is 12.6. The van der Waals surface area contributed by atoms with Crippen molar-refractivity contribution in [1.82, 2.24) is 4.90 Å². The van der Waals surface area contributed by atoms with Gasteiger partial charge in [-0.2, -0.15) is 0 Å². The van der Waals surface area contributed by atoms with E-state index < -0.39 is 0 Å². The first-order valence-electron chi connectivity index (χ1n) is 8.28. The number of aryl methyl sites for hydroxylation is 1. The van der Waals surface area contributed by atoms with Gasteiger partial charge in [0.25, 0.3) is 0 Å². The van der Waals surface area contributed by atoms with Gasteiger partial charge in [-0.15, -0.1) is 0 Å².